The molecule has 0 aliphatic rings. The molecule has 2 N–H and O–H groups in total. The maximum absolute atomic E-state index is 12.4. The molecular formula is C21H21N3O. The largest absolute Gasteiger partial charge is 0.354 e. The molecule has 0 saturated carbocycles. The van der Waals surface area contributed by atoms with Gasteiger partial charge in [0.25, 0.3) is 5.91 Å². The number of aryl methyl sites for hydroxylation is 2. The predicted octanol–water partition coefficient (Wildman–Crippen LogP) is 4.37. The molecule has 0 bridgehead atoms. The molecule has 1 heterocycles. The van der Waals surface area contributed by atoms with Crippen LogP contribution in [-0.4, -0.2) is 10.9 Å². The SMILES string of the molecule is Cc1ccc(Nc2cncc(C(=O)NCc3ccccc3)c2)c(C)c1. The molecule has 0 fully saturated rings. The van der Waals surface area contributed by atoms with E-state index in [9.17, 15) is 4.79 Å². The van der Waals surface area contributed by atoms with Crippen LogP contribution in [0.3, 0.4) is 0 Å². The summed E-state index contributed by atoms with van der Waals surface area (Å²) in [6.45, 7) is 4.61. The third kappa shape index (κ3) is 4.44. The van der Waals surface area contributed by atoms with Crippen molar-refractivity contribution in [3.05, 3.63) is 89.2 Å². The fraction of sp³-hybridized carbons (Fsp3) is 0.143. The average Bonchev–Trinajstić information content (AvgIpc) is 2.63. The second kappa shape index (κ2) is 7.62. The average molecular weight is 331 g/mol. The number of carbonyl (C=O) groups excluding carboxylic acids is 1. The first kappa shape index (κ1) is 16.7. The van der Waals surface area contributed by atoms with Gasteiger partial charge < -0.3 is 10.6 Å². The van der Waals surface area contributed by atoms with Gasteiger partial charge in [0.2, 0.25) is 0 Å². The molecule has 4 nitrogen and oxygen atoms in total. The number of anilines is 2. The van der Waals surface area contributed by atoms with Crippen molar-refractivity contribution in [3.63, 3.8) is 0 Å². The van der Waals surface area contributed by atoms with Gasteiger partial charge in [-0.1, -0.05) is 48.0 Å². The Balaban J connectivity index is 1.69. The number of nitrogens with zero attached hydrogens (tertiary/aromatic N) is 1. The standard InChI is InChI=1S/C21H21N3O/c1-15-8-9-20(16(2)10-15)24-19-11-18(13-22-14-19)21(25)23-12-17-6-4-3-5-7-17/h3-11,13-14,24H,12H2,1-2H3,(H,23,25). The Morgan fingerprint density at radius 3 is 2.56 bits per heavy atom. The molecule has 25 heavy (non-hydrogen) atoms. The van der Waals surface area contributed by atoms with Crippen molar-refractivity contribution in [1.82, 2.24) is 10.3 Å². The third-order valence-electron chi connectivity index (χ3n) is 3.96. The molecule has 0 aliphatic heterocycles. The normalized spacial score (nSPS) is 10.3. The lowest BCUT2D eigenvalue weighted by Crippen LogP contribution is -2.22. The number of hydrogen-bond acceptors (Lipinski definition) is 3. The van der Waals surface area contributed by atoms with Gasteiger partial charge in [0.15, 0.2) is 0 Å². The quantitative estimate of drug-likeness (QED) is 0.730. The minimum absolute atomic E-state index is 0.138. The number of hydrogen-bond donors (Lipinski definition) is 2. The molecule has 0 spiro atoms. The van der Waals surface area contributed by atoms with Crippen LogP contribution in [0.4, 0.5) is 11.4 Å². The zero-order chi connectivity index (χ0) is 17.6. The first-order chi connectivity index (χ1) is 12.1. The number of carbonyl (C=O) groups is 1. The minimum Gasteiger partial charge on any atom is -0.354 e. The van der Waals surface area contributed by atoms with E-state index in [0.29, 0.717) is 12.1 Å². The topological polar surface area (TPSA) is 54.0 Å². The smallest absolute Gasteiger partial charge is 0.253 e. The summed E-state index contributed by atoms with van der Waals surface area (Å²) in [6, 6.07) is 17.9. The van der Waals surface area contributed by atoms with Crippen LogP contribution >= 0.6 is 0 Å². The summed E-state index contributed by atoms with van der Waals surface area (Å²) in [5, 5.41) is 6.24. The Hall–Kier alpha value is -3.14. The summed E-state index contributed by atoms with van der Waals surface area (Å²) in [4.78, 5) is 16.5. The molecule has 2 aromatic carbocycles. The van der Waals surface area contributed by atoms with Crippen molar-refractivity contribution in [3.8, 4) is 0 Å². The van der Waals surface area contributed by atoms with Gasteiger partial charge in [0, 0.05) is 18.4 Å². The molecule has 126 valence electrons. The summed E-state index contributed by atoms with van der Waals surface area (Å²) < 4.78 is 0. The Morgan fingerprint density at radius 2 is 1.80 bits per heavy atom. The second-order valence-electron chi connectivity index (χ2n) is 6.07. The van der Waals surface area contributed by atoms with Gasteiger partial charge in [-0.25, -0.2) is 0 Å². The van der Waals surface area contributed by atoms with Gasteiger partial charge in [-0.3, -0.25) is 9.78 Å². The number of nitrogens with one attached hydrogen (secondary N) is 2. The molecule has 1 amide bonds. The van der Waals surface area contributed by atoms with E-state index in [-0.39, 0.29) is 5.91 Å². The van der Waals surface area contributed by atoms with Gasteiger partial charge in [-0.15, -0.1) is 0 Å². The number of aromatic nitrogens is 1. The summed E-state index contributed by atoms with van der Waals surface area (Å²) in [5.74, 6) is -0.138. The van der Waals surface area contributed by atoms with Gasteiger partial charge in [-0.05, 0) is 37.1 Å². The molecule has 0 radical (unpaired) electrons. The van der Waals surface area contributed by atoms with Crippen LogP contribution in [0.25, 0.3) is 0 Å². The highest BCUT2D eigenvalue weighted by Gasteiger charge is 2.08. The zero-order valence-corrected chi connectivity index (χ0v) is 14.4. The van der Waals surface area contributed by atoms with Crippen LogP contribution < -0.4 is 10.6 Å². The van der Waals surface area contributed by atoms with Crippen molar-refractivity contribution in [2.24, 2.45) is 0 Å². The van der Waals surface area contributed by atoms with E-state index in [1.54, 1.807) is 12.4 Å². The van der Waals surface area contributed by atoms with Crippen LogP contribution in [0.1, 0.15) is 27.0 Å². The van der Waals surface area contributed by atoms with Crippen LogP contribution in [-0.2, 0) is 6.54 Å². The van der Waals surface area contributed by atoms with Crippen LogP contribution in [0.15, 0.2) is 67.0 Å². The molecule has 0 aliphatic carbocycles. The Kier molecular flexibility index (Phi) is 5.09. The Bertz CT molecular complexity index is 875. The molecular weight excluding hydrogens is 310 g/mol. The highest BCUT2D eigenvalue weighted by molar-refractivity contribution is 5.94. The number of benzene rings is 2. The predicted molar refractivity (Wildman–Crippen MR) is 101 cm³/mol. The fourth-order valence-corrected chi connectivity index (χ4v) is 2.62. The van der Waals surface area contributed by atoms with Gasteiger partial charge >= 0.3 is 0 Å². The highest BCUT2D eigenvalue weighted by atomic mass is 16.1. The first-order valence-electron chi connectivity index (χ1n) is 8.23. The van der Waals surface area contributed by atoms with Gasteiger partial charge in [0.05, 0.1) is 17.4 Å². The summed E-state index contributed by atoms with van der Waals surface area (Å²) >= 11 is 0. The maximum atomic E-state index is 12.4. The first-order valence-corrected chi connectivity index (χ1v) is 8.23. The number of pyridine rings is 1. The van der Waals surface area contributed by atoms with Crippen molar-refractivity contribution >= 4 is 17.3 Å². The third-order valence-corrected chi connectivity index (χ3v) is 3.96. The van der Waals surface area contributed by atoms with Crippen LogP contribution in [0.2, 0.25) is 0 Å². The fourth-order valence-electron chi connectivity index (χ4n) is 2.62. The zero-order valence-electron chi connectivity index (χ0n) is 14.4. The van der Waals surface area contributed by atoms with Crippen molar-refractivity contribution in [1.29, 1.82) is 0 Å². The van der Waals surface area contributed by atoms with Gasteiger partial charge in [0.1, 0.15) is 0 Å². The lowest BCUT2D eigenvalue weighted by Gasteiger charge is -2.11. The monoisotopic (exact) mass is 331 g/mol. The van der Waals surface area contributed by atoms with E-state index in [1.807, 2.05) is 42.5 Å². The molecule has 0 saturated heterocycles. The van der Waals surface area contributed by atoms with Gasteiger partial charge in [-0.2, -0.15) is 0 Å². The summed E-state index contributed by atoms with van der Waals surface area (Å²) in [5.41, 5.74) is 5.77. The summed E-state index contributed by atoms with van der Waals surface area (Å²) in [6.07, 6.45) is 3.29. The van der Waals surface area contributed by atoms with Crippen LogP contribution in [0.5, 0.6) is 0 Å². The molecule has 1 aromatic heterocycles. The number of amides is 1. The van der Waals surface area contributed by atoms with E-state index in [4.69, 9.17) is 0 Å². The molecule has 3 rings (SSSR count). The Labute approximate surface area is 147 Å². The van der Waals surface area contributed by atoms with E-state index >= 15 is 0 Å². The van der Waals surface area contributed by atoms with Crippen molar-refractivity contribution in [2.45, 2.75) is 20.4 Å². The van der Waals surface area contributed by atoms with E-state index < -0.39 is 0 Å². The lowest BCUT2D eigenvalue weighted by molar-refractivity contribution is 0.0950. The number of rotatable bonds is 5. The second-order valence-corrected chi connectivity index (χ2v) is 6.07. The molecule has 0 atom stereocenters. The van der Waals surface area contributed by atoms with Crippen LogP contribution in [0, 0.1) is 13.8 Å². The maximum Gasteiger partial charge on any atom is 0.253 e. The summed E-state index contributed by atoms with van der Waals surface area (Å²) in [7, 11) is 0. The van der Waals surface area contributed by atoms with Crippen molar-refractivity contribution < 1.29 is 4.79 Å². The highest BCUT2D eigenvalue weighted by Crippen LogP contribution is 2.21. The molecule has 3 aromatic rings. The van der Waals surface area contributed by atoms with E-state index in [2.05, 4.69) is 41.6 Å². The Morgan fingerprint density at radius 1 is 1.00 bits per heavy atom. The van der Waals surface area contributed by atoms with E-state index in [1.165, 1.54) is 5.56 Å². The molecule has 0 unspecified atom stereocenters. The molecule has 4 heteroatoms. The van der Waals surface area contributed by atoms with Crippen molar-refractivity contribution in [2.75, 3.05) is 5.32 Å². The van der Waals surface area contributed by atoms with E-state index in [0.717, 1.165) is 22.5 Å². The minimum atomic E-state index is -0.138. The lowest BCUT2D eigenvalue weighted by atomic mass is 10.1.